The Morgan fingerprint density at radius 1 is 1.10 bits per heavy atom. The summed E-state index contributed by atoms with van der Waals surface area (Å²) in [6, 6.07) is 0.631. The molecule has 0 N–H and O–H groups in total. The molecule has 0 bridgehead atoms. The van der Waals surface area contributed by atoms with E-state index >= 15 is 0 Å². The molecule has 0 unspecified atom stereocenters. The molecule has 2 saturated heterocycles. The summed E-state index contributed by atoms with van der Waals surface area (Å²) in [4.78, 5) is 33.7. The summed E-state index contributed by atoms with van der Waals surface area (Å²) in [6.07, 6.45) is 5.22. The average molecular weight is 422 g/mol. The number of hydrogen-bond acceptors (Lipinski definition) is 6. The first-order chi connectivity index (χ1) is 13.7. The quantitative estimate of drug-likeness (QED) is 0.683. The van der Waals surface area contributed by atoms with Gasteiger partial charge in [0, 0.05) is 24.5 Å². The van der Waals surface area contributed by atoms with Gasteiger partial charge in [-0.3, -0.25) is 9.59 Å². The number of thiazole rings is 1. The molecular formula is C22H35N3O3S. The normalized spacial score (nSPS) is 20.1. The molecule has 0 saturated carbocycles. The van der Waals surface area contributed by atoms with E-state index in [1.165, 1.54) is 37.3 Å². The van der Waals surface area contributed by atoms with Gasteiger partial charge in [0.1, 0.15) is 10.6 Å². The largest absolute Gasteiger partial charge is 0.460 e. The highest BCUT2D eigenvalue weighted by molar-refractivity contribution is 7.09. The second kappa shape index (κ2) is 9.56. The second-order valence-electron chi connectivity index (χ2n) is 9.50. The van der Waals surface area contributed by atoms with Crippen molar-refractivity contribution in [2.24, 2.45) is 5.92 Å². The number of likely N-dealkylation sites (tertiary alicyclic amines) is 2. The molecule has 0 radical (unpaired) electrons. The zero-order chi connectivity index (χ0) is 21.0. The number of esters is 1. The molecule has 3 rings (SSSR count). The highest BCUT2D eigenvalue weighted by Gasteiger charge is 2.29. The van der Waals surface area contributed by atoms with E-state index in [1.807, 2.05) is 31.1 Å². The van der Waals surface area contributed by atoms with Crippen LogP contribution in [0.1, 0.15) is 64.1 Å². The minimum absolute atomic E-state index is 0.143. The van der Waals surface area contributed by atoms with Crippen molar-refractivity contribution in [2.75, 3.05) is 26.2 Å². The van der Waals surface area contributed by atoms with Crippen LogP contribution in [0.4, 0.5) is 0 Å². The summed E-state index contributed by atoms with van der Waals surface area (Å²) in [5.74, 6) is 0.718. The van der Waals surface area contributed by atoms with Gasteiger partial charge in [0.25, 0.3) is 0 Å². The summed E-state index contributed by atoms with van der Waals surface area (Å²) >= 11 is 1.42. The molecule has 29 heavy (non-hydrogen) atoms. The predicted molar refractivity (Wildman–Crippen MR) is 115 cm³/mol. The first kappa shape index (κ1) is 22.2. The first-order valence-corrected chi connectivity index (χ1v) is 11.7. The Labute approximate surface area is 178 Å². The number of rotatable bonds is 5. The molecule has 2 aliphatic heterocycles. The van der Waals surface area contributed by atoms with Gasteiger partial charge in [-0.1, -0.05) is 6.92 Å². The van der Waals surface area contributed by atoms with Crippen LogP contribution in [-0.2, 0) is 27.2 Å². The molecule has 1 aromatic heterocycles. The van der Waals surface area contributed by atoms with Crippen LogP contribution >= 0.6 is 11.3 Å². The summed E-state index contributed by atoms with van der Waals surface area (Å²) < 4.78 is 5.34. The fraction of sp³-hybridized carbons (Fsp3) is 0.773. The summed E-state index contributed by atoms with van der Waals surface area (Å²) in [5, 5.41) is 2.60. The summed E-state index contributed by atoms with van der Waals surface area (Å²) in [6.45, 7) is 12.0. The number of nitrogens with zero attached hydrogens (tertiary/aromatic N) is 3. The maximum absolute atomic E-state index is 12.7. The SMILES string of the molecule is CC1CCN(C2CCN(C(=O)Cc3csc(CC(=O)OC(C)(C)C)n3)CC2)CC1. The highest BCUT2D eigenvalue weighted by Crippen LogP contribution is 2.24. The number of piperidine rings is 2. The molecule has 2 fully saturated rings. The molecule has 0 spiro atoms. The van der Waals surface area contributed by atoms with Crippen LogP contribution in [0, 0.1) is 5.92 Å². The maximum Gasteiger partial charge on any atom is 0.313 e. The van der Waals surface area contributed by atoms with E-state index in [0.717, 1.165) is 37.5 Å². The second-order valence-corrected chi connectivity index (χ2v) is 10.4. The average Bonchev–Trinajstić information content (AvgIpc) is 3.07. The molecule has 1 aromatic rings. The Hall–Kier alpha value is -1.47. The molecule has 7 heteroatoms. The van der Waals surface area contributed by atoms with Gasteiger partial charge in [0.05, 0.1) is 18.5 Å². The Morgan fingerprint density at radius 3 is 2.38 bits per heavy atom. The topological polar surface area (TPSA) is 62.7 Å². The lowest BCUT2D eigenvalue weighted by atomic mass is 9.95. The monoisotopic (exact) mass is 421 g/mol. The molecular weight excluding hydrogens is 386 g/mol. The molecule has 0 atom stereocenters. The van der Waals surface area contributed by atoms with E-state index in [0.29, 0.717) is 17.5 Å². The lowest BCUT2D eigenvalue weighted by Crippen LogP contribution is -2.49. The Morgan fingerprint density at radius 2 is 1.76 bits per heavy atom. The minimum Gasteiger partial charge on any atom is -0.460 e. The lowest BCUT2D eigenvalue weighted by molar-refractivity contribution is -0.153. The number of ether oxygens (including phenoxy) is 1. The van der Waals surface area contributed by atoms with Gasteiger partial charge < -0.3 is 14.5 Å². The zero-order valence-corrected chi connectivity index (χ0v) is 19.1. The fourth-order valence-electron chi connectivity index (χ4n) is 4.15. The van der Waals surface area contributed by atoms with E-state index in [-0.39, 0.29) is 18.3 Å². The molecule has 1 amide bonds. The third kappa shape index (κ3) is 6.78. The molecule has 6 nitrogen and oxygen atoms in total. The first-order valence-electron chi connectivity index (χ1n) is 10.9. The van der Waals surface area contributed by atoms with Crippen LogP contribution in [0.15, 0.2) is 5.38 Å². The van der Waals surface area contributed by atoms with Gasteiger partial charge in [-0.15, -0.1) is 11.3 Å². The van der Waals surface area contributed by atoms with Gasteiger partial charge >= 0.3 is 5.97 Å². The van der Waals surface area contributed by atoms with Gasteiger partial charge in [-0.05, 0) is 65.5 Å². The third-order valence-corrected chi connectivity index (χ3v) is 6.70. The zero-order valence-electron chi connectivity index (χ0n) is 18.3. The van der Waals surface area contributed by atoms with Crippen molar-refractivity contribution >= 4 is 23.2 Å². The van der Waals surface area contributed by atoms with Crippen LogP contribution in [-0.4, -0.2) is 64.5 Å². The third-order valence-electron chi connectivity index (χ3n) is 5.80. The Balaban J connectivity index is 1.43. The van der Waals surface area contributed by atoms with E-state index < -0.39 is 5.60 Å². The van der Waals surface area contributed by atoms with Crippen LogP contribution in [0.25, 0.3) is 0 Å². The summed E-state index contributed by atoms with van der Waals surface area (Å²) in [7, 11) is 0. The molecule has 0 aromatic carbocycles. The van der Waals surface area contributed by atoms with E-state index in [1.54, 1.807) is 0 Å². The smallest absolute Gasteiger partial charge is 0.313 e. The number of carbonyl (C=O) groups excluding carboxylic acids is 2. The minimum atomic E-state index is -0.494. The van der Waals surface area contributed by atoms with Gasteiger partial charge in [-0.2, -0.15) is 0 Å². The van der Waals surface area contributed by atoms with Crippen molar-refractivity contribution < 1.29 is 14.3 Å². The maximum atomic E-state index is 12.7. The van der Waals surface area contributed by atoms with Gasteiger partial charge in [0.15, 0.2) is 0 Å². The van der Waals surface area contributed by atoms with Crippen LogP contribution in [0.5, 0.6) is 0 Å². The van der Waals surface area contributed by atoms with Gasteiger partial charge in [-0.25, -0.2) is 4.98 Å². The van der Waals surface area contributed by atoms with Crippen molar-refractivity contribution in [1.82, 2.24) is 14.8 Å². The van der Waals surface area contributed by atoms with Crippen molar-refractivity contribution in [2.45, 2.75) is 77.9 Å². The molecule has 3 heterocycles. The Bertz CT molecular complexity index is 696. The van der Waals surface area contributed by atoms with E-state index in [4.69, 9.17) is 4.74 Å². The van der Waals surface area contributed by atoms with Crippen molar-refractivity contribution in [1.29, 1.82) is 0 Å². The van der Waals surface area contributed by atoms with Crippen LogP contribution in [0.3, 0.4) is 0 Å². The van der Waals surface area contributed by atoms with Gasteiger partial charge in [0.2, 0.25) is 5.91 Å². The number of aromatic nitrogens is 1. The highest BCUT2D eigenvalue weighted by atomic mass is 32.1. The number of carbonyl (C=O) groups is 2. The number of amides is 1. The van der Waals surface area contributed by atoms with E-state index in [2.05, 4.69) is 16.8 Å². The lowest BCUT2D eigenvalue weighted by Gasteiger charge is -2.41. The summed E-state index contributed by atoms with van der Waals surface area (Å²) in [5.41, 5.74) is 0.261. The van der Waals surface area contributed by atoms with Crippen molar-refractivity contribution in [3.8, 4) is 0 Å². The van der Waals surface area contributed by atoms with Crippen LogP contribution < -0.4 is 0 Å². The van der Waals surface area contributed by atoms with Crippen molar-refractivity contribution in [3.05, 3.63) is 16.1 Å². The van der Waals surface area contributed by atoms with E-state index in [9.17, 15) is 9.59 Å². The molecule has 162 valence electrons. The standard InChI is InChI=1S/C22H35N3O3S/c1-16-5-9-24(10-6-16)18-7-11-25(12-8-18)20(26)13-17-15-29-19(23-17)14-21(27)28-22(2,3)4/h15-16,18H,5-14H2,1-4H3. The molecule has 0 aliphatic carbocycles. The Kier molecular flexibility index (Phi) is 7.32. The predicted octanol–water partition coefficient (Wildman–Crippen LogP) is 3.29. The molecule has 2 aliphatic rings. The fourth-order valence-corrected chi connectivity index (χ4v) is 4.93. The number of hydrogen-bond donors (Lipinski definition) is 0. The van der Waals surface area contributed by atoms with Crippen LogP contribution in [0.2, 0.25) is 0 Å². The van der Waals surface area contributed by atoms with Crippen molar-refractivity contribution in [3.63, 3.8) is 0 Å².